The van der Waals surface area contributed by atoms with Crippen LogP contribution in [0.5, 0.6) is 17.2 Å². The van der Waals surface area contributed by atoms with Gasteiger partial charge in [-0.2, -0.15) is 0 Å². The monoisotopic (exact) mass is 372 g/mol. The quantitative estimate of drug-likeness (QED) is 0.499. The van der Waals surface area contributed by atoms with E-state index in [-0.39, 0.29) is 35.5 Å². The number of rotatable bonds is 8. The number of phenols is 1. The Bertz CT molecular complexity index is 899. The fourth-order valence-corrected chi connectivity index (χ4v) is 2.62. The van der Waals surface area contributed by atoms with Crippen molar-refractivity contribution >= 4 is 11.0 Å². The zero-order valence-electron chi connectivity index (χ0n) is 16.7. The summed E-state index contributed by atoms with van der Waals surface area (Å²) < 4.78 is 16.8. The molecule has 0 saturated carbocycles. The first-order valence-corrected chi connectivity index (χ1v) is 9.16. The van der Waals surface area contributed by atoms with E-state index in [0.29, 0.717) is 5.39 Å². The van der Waals surface area contributed by atoms with Gasteiger partial charge in [-0.1, -0.05) is 23.3 Å². The van der Waals surface area contributed by atoms with Crippen molar-refractivity contribution in [2.75, 3.05) is 6.61 Å². The average Bonchev–Trinajstić information content (AvgIpc) is 2.56. The lowest BCUT2D eigenvalue weighted by molar-refractivity contribution is 0.224. The molecule has 1 N–H and O–H groups in total. The second-order valence-corrected chi connectivity index (χ2v) is 7.05. The number of hydrogen-bond donors (Lipinski definition) is 1. The molecular weight excluding hydrogens is 344 g/mol. The Balaban J connectivity index is 2.29. The van der Waals surface area contributed by atoms with Gasteiger partial charge in [-0.05, 0) is 65.7 Å². The number of aromatic hydroxyl groups is 1. The van der Waals surface area contributed by atoms with Crippen molar-refractivity contribution in [2.24, 2.45) is 0 Å². The van der Waals surface area contributed by atoms with Gasteiger partial charge < -0.3 is 19.0 Å². The molecule has 0 amide bonds. The topological polar surface area (TPSA) is 68.9 Å². The number of hydrogen-bond acceptors (Lipinski definition) is 5. The summed E-state index contributed by atoms with van der Waals surface area (Å²) in [7, 11) is 0. The summed E-state index contributed by atoms with van der Waals surface area (Å²) in [5.74, 6) is 0.168. The normalized spacial score (nSPS) is 11.7. The van der Waals surface area contributed by atoms with E-state index < -0.39 is 5.63 Å². The first kappa shape index (κ1) is 20.6. The van der Waals surface area contributed by atoms with Gasteiger partial charge in [0.2, 0.25) is 5.75 Å². The second kappa shape index (κ2) is 9.31. The molecule has 0 radical (unpaired) electrons. The van der Waals surface area contributed by atoms with E-state index >= 15 is 0 Å². The SMILES string of the molecule is CC(C)=CCCC(C)=CCOc1c(OC(C)C)c2c(O)cccc2oc1=O. The van der Waals surface area contributed by atoms with Crippen LogP contribution >= 0.6 is 0 Å². The van der Waals surface area contributed by atoms with Gasteiger partial charge in [0.05, 0.1) is 6.10 Å². The van der Waals surface area contributed by atoms with Crippen LogP contribution in [0.25, 0.3) is 11.0 Å². The number of allylic oxidation sites excluding steroid dienone is 3. The molecule has 5 nitrogen and oxygen atoms in total. The summed E-state index contributed by atoms with van der Waals surface area (Å²) in [6, 6.07) is 4.74. The third kappa shape index (κ3) is 5.64. The standard InChI is InChI=1S/C22H28O5/c1-14(2)8-6-9-16(5)12-13-25-21-20(26-15(3)4)19-17(23)10-7-11-18(19)27-22(21)24/h7-8,10-12,15,23H,6,9,13H2,1-5H3. The zero-order valence-corrected chi connectivity index (χ0v) is 16.7. The van der Waals surface area contributed by atoms with Crippen molar-refractivity contribution < 1.29 is 19.0 Å². The molecular formula is C22H28O5. The molecule has 1 aromatic heterocycles. The van der Waals surface area contributed by atoms with Crippen molar-refractivity contribution in [1.29, 1.82) is 0 Å². The maximum atomic E-state index is 12.4. The molecule has 2 rings (SSSR count). The zero-order chi connectivity index (χ0) is 20.0. The van der Waals surface area contributed by atoms with Gasteiger partial charge in [-0.25, -0.2) is 4.79 Å². The first-order valence-electron chi connectivity index (χ1n) is 9.16. The van der Waals surface area contributed by atoms with Crippen LogP contribution in [0.3, 0.4) is 0 Å². The van der Waals surface area contributed by atoms with Crippen molar-refractivity contribution in [3.63, 3.8) is 0 Å². The summed E-state index contributed by atoms with van der Waals surface area (Å²) in [6.07, 6.45) is 5.83. The van der Waals surface area contributed by atoms with E-state index in [2.05, 4.69) is 19.9 Å². The molecule has 0 aliphatic heterocycles. The summed E-state index contributed by atoms with van der Waals surface area (Å²) in [5, 5.41) is 10.6. The highest BCUT2D eigenvalue weighted by Gasteiger charge is 2.21. The largest absolute Gasteiger partial charge is 0.507 e. The lowest BCUT2D eigenvalue weighted by atomic mass is 10.1. The van der Waals surface area contributed by atoms with E-state index in [0.717, 1.165) is 12.8 Å². The van der Waals surface area contributed by atoms with Crippen LogP contribution in [0.2, 0.25) is 0 Å². The molecule has 5 heteroatoms. The molecule has 0 saturated heterocycles. The minimum absolute atomic E-state index is 0.0222. The van der Waals surface area contributed by atoms with Gasteiger partial charge in [-0.15, -0.1) is 0 Å². The van der Waals surface area contributed by atoms with E-state index in [1.807, 2.05) is 26.8 Å². The number of phenolic OH excluding ortho intramolecular Hbond substituents is 1. The summed E-state index contributed by atoms with van der Waals surface area (Å²) in [5.41, 5.74) is 2.10. The van der Waals surface area contributed by atoms with Crippen molar-refractivity contribution in [1.82, 2.24) is 0 Å². The van der Waals surface area contributed by atoms with Gasteiger partial charge in [-0.3, -0.25) is 0 Å². The fraction of sp³-hybridized carbons (Fsp3) is 0.409. The number of benzene rings is 1. The highest BCUT2D eigenvalue weighted by atomic mass is 16.5. The van der Waals surface area contributed by atoms with Crippen LogP contribution in [-0.2, 0) is 0 Å². The lowest BCUT2D eigenvalue weighted by Gasteiger charge is -2.16. The van der Waals surface area contributed by atoms with Gasteiger partial charge in [0.1, 0.15) is 23.3 Å². The van der Waals surface area contributed by atoms with E-state index in [1.54, 1.807) is 12.1 Å². The van der Waals surface area contributed by atoms with Gasteiger partial charge in [0.25, 0.3) is 0 Å². The molecule has 1 aromatic carbocycles. The summed E-state index contributed by atoms with van der Waals surface area (Å²) >= 11 is 0. The molecule has 0 bridgehead atoms. The van der Waals surface area contributed by atoms with Crippen molar-refractivity contribution in [2.45, 2.75) is 53.6 Å². The Morgan fingerprint density at radius 3 is 2.59 bits per heavy atom. The molecule has 0 fully saturated rings. The molecule has 0 aliphatic carbocycles. The fourth-order valence-electron chi connectivity index (χ4n) is 2.62. The molecule has 1 heterocycles. The highest BCUT2D eigenvalue weighted by Crippen LogP contribution is 2.38. The molecule has 0 atom stereocenters. The average molecular weight is 372 g/mol. The lowest BCUT2D eigenvalue weighted by Crippen LogP contribution is -2.14. The van der Waals surface area contributed by atoms with E-state index in [9.17, 15) is 9.90 Å². The molecule has 0 aliphatic rings. The van der Waals surface area contributed by atoms with Gasteiger partial charge >= 0.3 is 5.63 Å². The summed E-state index contributed by atoms with van der Waals surface area (Å²) in [4.78, 5) is 12.4. The van der Waals surface area contributed by atoms with Gasteiger partial charge in [0.15, 0.2) is 5.75 Å². The molecule has 27 heavy (non-hydrogen) atoms. The summed E-state index contributed by atoms with van der Waals surface area (Å²) in [6.45, 7) is 10.1. The minimum atomic E-state index is -0.626. The van der Waals surface area contributed by atoms with Crippen LogP contribution in [0.4, 0.5) is 0 Å². The maximum absolute atomic E-state index is 12.4. The van der Waals surface area contributed by atoms with Crippen LogP contribution < -0.4 is 15.1 Å². The van der Waals surface area contributed by atoms with Crippen LogP contribution in [0, 0.1) is 0 Å². The van der Waals surface area contributed by atoms with Crippen molar-refractivity contribution in [3.8, 4) is 17.2 Å². The van der Waals surface area contributed by atoms with Crippen LogP contribution in [-0.4, -0.2) is 17.8 Å². The Morgan fingerprint density at radius 2 is 1.93 bits per heavy atom. The van der Waals surface area contributed by atoms with Crippen LogP contribution in [0.1, 0.15) is 47.5 Å². The van der Waals surface area contributed by atoms with Gasteiger partial charge in [0, 0.05) is 0 Å². The second-order valence-electron chi connectivity index (χ2n) is 7.05. The van der Waals surface area contributed by atoms with E-state index in [4.69, 9.17) is 13.9 Å². The smallest absolute Gasteiger partial charge is 0.383 e. The predicted molar refractivity (Wildman–Crippen MR) is 108 cm³/mol. The Kier molecular flexibility index (Phi) is 7.11. The Hall–Kier alpha value is -2.69. The molecule has 146 valence electrons. The first-order chi connectivity index (χ1) is 12.8. The van der Waals surface area contributed by atoms with E-state index in [1.165, 1.54) is 17.2 Å². The van der Waals surface area contributed by atoms with Crippen molar-refractivity contribution in [3.05, 3.63) is 51.9 Å². The number of fused-ring (bicyclic) bond motifs is 1. The third-order valence-corrected chi connectivity index (χ3v) is 3.93. The number of ether oxygens (including phenoxy) is 2. The van der Waals surface area contributed by atoms with Crippen LogP contribution in [0.15, 0.2) is 50.7 Å². The Labute approximate surface area is 159 Å². The molecule has 2 aromatic rings. The maximum Gasteiger partial charge on any atom is 0.383 e. The predicted octanol–water partition coefficient (Wildman–Crippen LogP) is 5.36. The highest BCUT2D eigenvalue weighted by molar-refractivity contribution is 5.91. The minimum Gasteiger partial charge on any atom is -0.507 e. The third-order valence-electron chi connectivity index (χ3n) is 3.93. The Morgan fingerprint density at radius 1 is 1.19 bits per heavy atom. The molecule has 0 unspecified atom stereocenters. The molecule has 0 spiro atoms.